The van der Waals surface area contributed by atoms with Gasteiger partial charge in [0.1, 0.15) is 35.6 Å². The summed E-state index contributed by atoms with van der Waals surface area (Å²) in [5, 5.41) is 4.36. The summed E-state index contributed by atoms with van der Waals surface area (Å²) in [6, 6.07) is 11.5. The highest BCUT2D eigenvalue weighted by Gasteiger charge is 2.51. The molecule has 5 atom stereocenters. The van der Waals surface area contributed by atoms with Crippen LogP contribution < -0.4 is 10.1 Å². The lowest BCUT2D eigenvalue weighted by Gasteiger charge is -2.30. The molecule has 2 saturated heterocycles. The molecule has 3 aliphatic heterocycles. The molecule has 0 radical (unpaired) electrons. The van der Waals surface area contributed by atoms with Crippen LogP contribution in [0.1, 0.15) is 76.8 Å². The Morgan fingerprint density at radius 2 is 1.72 bits per heavy atom. The number of alkyl halides is 3. The third kappa shape index (κ3) is 8.19. The van der Waals surface area contributed by atoms with Gasteiger partial charge in [0.25, 0.3) is 0 Å². The first-order valence-electron chi connectivity index (χ1n) is 20.4. The molecular weight excluding hydrogens is 796 g/mol. The van der Waals surface area contributed by atoms with E-state index in [4.69, 9.17) is 19.2 Å². The second-order valence-electron chi connectivity index (χ2n) is 17.5. The van der Waals surface area contributed by atoms with Crippen molar-refractivity contribution in [2.24, 2.45) is 17.8 Å². The Labute approximate surface area is 350 Å². The third-order valence-corrected chi connectivity index (χ3v) is 11.8. The molecule has 0 spiro atoms. The predicted octanol–water partition coefficient (Wildman–Crippen LogP) is 8.44. The van der Waals surface area contributed by atoms with Gasteiger partial charge in [-0.3, -0.25) is 9.69 Å². The van der Waals surface area contributed by atoms with E-state index in [0.29, 0.717) is 36.8 Å². The standard InChI is InChI=1S/C44H50F3N7O7/c1-22(2)36(52-41(56)59-7)40(55)53-19-27(44(45,46)47)15-34(53)38-48-17-32(50-38)25-8-10-28-26(13-25)21-60-35-16-29-24(14-30(28)35)9-11-31-37(29)51-39(49-31)33-12-23(20-58-6)18-54(33)42(57)61-43(3,4)5/h8-11,13-14,16-17,22-23,27,33-34,36H,12,15,18-21H2,1-7H3,(H,48,50)(H,49,51)(H,52,56)/t23-,27-,33-,34-,36-/m0/s1. The molecule has 3 N–H and O–H groups in total. The zero-order valence-electron chi connectivity index (χ0n) is 35.1. The van der Waals surface area contributed by atoms with Crippen LogP contribution in [0.15, 0.2) is 48.7 Å². The number of ether oxygens (including phenoxy) is 4. The fraction of sp³-hybridized carbons (Fsp3) is 0.477. The highest BCUT2D eigenvalue weighted by atomic mass is 19.4. The second-order valence-corrected chi connectivity index (χ2v) is 17.5. The molecule has 17 heteroatoms. The Kier molecular flexibility index (Phi) is 10.9. The van der Waals surface area contributed by atoms with E-state index in [9.17, 15) is 27.6 Å². The first-order chi connectivity index (χ1) is 28.9. The van der Waals surface area contributed by atoms with Gasteiger partial charge in [0.2, 0.25) is 5.91 Å². The normalized spacial score (nSPS) is 20.8. The lowest BCUT2D eigenvalue weighted by atomic mass is 9.92. The van der Waals surface area contributed by atoms with Gasteiger partial charge in [-0.05, 0) is 85.9 Å². The minimum atomic E-state index is -4.53. The smallest absolute Gasteiger partial charge is 0.410 e. The van der Waals surface area contributed by atoms with E-state index in [2.05, 4.69) is 31.1 Å². The molecule has 0 aliphatic carbocycles. The van der Waals surface area contributed by atoms with Crippen LogP contribution in [0.4, 0.5) is 22.8 Å². The van der Waals surface area contributed by atoms with E-state index < -0.39 is 60.3 Å². The van der Waals surface area contributed by atoms with Crippen molar-refractivity contribution in [3.8, 4) is 28.1 Å². The third-order valence-electron chi connectivity index (χ3n) is 11.8. The summed E-state index contributed by atoms with van der Waals surface area (Å²) in [6.45, 7) is 9.65. The molecule has 3 amide bonds. The van der Waals surface area contributed by atoms with Gasteiger partial charge in [0, 0.05) is 37.1 Å². The highest BCUT2D eigenvalue weighted by Crippen LogP contribution is 2.45. The van der Waals surface area contributed by atoms with Crippen molar-refractivity contribution in [1.82, 2.24) is 35.1 Å². The number of hydrogen-bond acceptors (Lipinski definition) is 9. The van der Waals surface area contributed by atoms with Crippen molar-refractivity contribution in [3.05, 3.63) is 65.9 Å². The monoisotopic (exact) mass is 845 g/mol. The van der Waals surface area contributed by atoms with Crippen LogP contribution in [0.25, 0.3) is 44.2 Å². The molecule has 0 saturated carbocycles. The first kappa shape index (κ1) is 41.9. The molecule has 2 aromatic heterocycles. The molecule has 3 aliphatic rings. The zero-order chi connectivity index (χ0) is 43.5. The maximum Gasteiger partial charge on any atom is 0.410 e. The van der Waals surface area contributed by atoms with Crippen LogP contribution in [-0.4, -0.2) is 99.6 Å². The predicted molar refractivity (Wildman–Crippen MR) is 219 cm³/mol. The number of hydrogen-bond donors (Lipinski definition) is 3. The lowest BCUT2D eigenvalue weighted by Crippen LogP contribution is -2.51. The fourth-order valence-electron chi connectivity index (χ4n) is 8.81. The van der Waals surface area contributed by atoms with Gasteiger partial charge in [-0.15, -0.1) is 0 Å². The minimum absolute atomic E-state index is 0.129. The number of nitrogens with one attached hydrogen (secondary N) is 3. The maximum absolute atomic E-state index is 14.1. The number of imidazole rings is 2. The van der Waals surface area contributed by atoms with Gasteiger partial charge in [-0.2, -0.15) is 13.2 Å². The van der Waals surface area contributed by atoms with Gasteiger partial charge in [-0.1, -0.05) is 32.0 Å². The molecule has 14 nitrogen and oxygen atoms in total. The molecule has 0 bridgehead atoms. The summed E-state index contributed by atoms with van der Waals surface area (Å²) in [5.41, 5.74) is 5.03. The Morgan fingerprint density at radius 1 is 0.951 bits per heavy atom. The molecule has 3 aromatic carbocycles. The van der Waals surface area contributed by atoms with Crippen LogP contribution in [0.5, 0.6) is 5.75 Å². The molecule has 5 heterocycles. The number of carbonyl (C=O) groups excluding carboxylic acids is 3. The van der Waals surface area contributed by atoms with Crippen molar-refractivity contribution < 1.29 is 46.5 Å². The van der Waals surface area contributed by atoms with Crippen molar-refractivity contribution in [1.29, 1.82) is 0 Å². The van der Waals surface area contributed by atoms with Crippen LogP contribution in [0.3, 0.4) is 0 Å². The summed E-state index contributed by atoms with van der Waals surface area (Å²) in [4.78, 5) is 58.2. The number of halogens is 3. The van der Waals surface area contributed by atoms with Crippen molar-refractivity contribution in [2.45, 2.75) is 84.0 Å². The topological polar surface area (TPSA) is 164 Å². The molecule has 0 unspecified atom stereocenters. The van der Waals surface area contributed by atoms with Crippen molar-refractivity contribution in [3.63, 3.8) is 0 Å². The maximum atomic E-state index is 14.1. The van der Waals surface area contributed by atoms with E-state index in [1.165, 1.54) is 0 Å². The number of rotatable bonds is 8. The number of H-pyrrole nitrogens is 2. The molecule has 8 rings (SSSR count). The summed E-state index contributed by atoms with van der Waals surface area (Å²) < 4.78 is 64.5. The zero-order valence-corrected chi connectivity index (χ0v) is 35.1. The molecule has 5 aromatic rings. The largest absolute Gasteiger partial charge is 0.488 e. The fourth-order valence-corrected chi connectivity index (χ4v) is 8.81. The number of fused-ring (bicyclic) bond motifs is 6. The Balaban J connectivity index is 1.06. The molecule has 61 heavy (non-hydrogen) atoms. The number of amides is 3. The number of nitrogens with zero attached hydrogens (tertiary/aromatic N) is 4. The van der Waals surface area contributed by atoms with E-state index in [-0.39, 0.29) is 30.8 Å². The average Bonchev–Trinajstić information content (AvgIpc) is 4.03. The SMILES string of the molecule is COC[C@H]1C[C@@H](c2nc3ccc4cc5c(cc4c3[nH]2)OCc2cc(-c3cnc([C@@H]4C[C@H](C(F)(F)F)CN4C(=O)[C@@H](NC(=O)OC)C(C)C)[nH]3)ccc2-5)N(C(=O)OC(C)(C)C)C1. The van der Waals surface area contributed by atoms with Crippen molar-refractivity contribution >= 4 is 39.9 Å². The highest BCUT2D eigenvalue weighted by molar-refractivity contribution is 6.07. The van der Waals surface area contributed by atoms with E-state index in [1.54, 1.807) is 32.1 Å². The van der Waals surface area contributed by atoms with E-state index in [1.807, 2.05) is 57.2 Å². The number of alkyl carbamates (subject to hydrolysis) is 1. The van der Waals surface area contributed by atoms with Crippen LogP contribution in [-0.2, 0) is 25.6 Å². The second kappa shape index (κ2) is 15.9. The molecular formula is C44H50F3N7O7. The number of aromatic nitrogens is 4. The lowest BCUT2D eigenvalue weighted by molar-refractivity contribution is -0.171. The Morgan fingerprint density at radius 3 is 2.43 bits per heavy atom. The van der Waals surface area contributed by atoms with Gasteiger partial charge in [-0.25, -0.2) is 19.6 Å². The molecule has 2 fully saturated rings. The number of aromatic amines is 2. The van der Waals surface area contributed by atoms with Gasteiger partial charge < -0.3 is 39.1 Å². The molecule has 324 valence electrons. The average molecular weight is 846 g/mol. The number of likely N-dealkylation sites (tertiary alicyclic amines) is 2. The summed E-state index contributed by atoms with van der Waals surface area (Å²) in [7, 11) is 2.81. The van der Waals surface area contributed by atoms with Crippen LogP contribution in [0, 0.1) is 17.8 Å². The van der Waals surface area contributed by atoms with Gasteiger partial charge in [0.15, 0.2) is 0 Å². The summed E-state index contributed by atoms with van der Waals surface area (Å²) in [5.74, 6) is -1.11. The quantitative estimate of drug-likeness (QED) is 0.139. The van der Waals surface area contributed by atoms with Gasteiger partial charge >= 0.3 is 18.4 Å². The van der Waals surface area contributed by atoms with E-state index >= 15 is 0 Å². The number of carbonyl (C=O) groups is 3. The number of benzene rings is 3. The van der Waals surface area contributed by atoms with Crippen molar-refractivity contribution in [2.75, 3.05) is 33.9 Å². The minimum Gasteiger partial charge on any atom is -0.488 e. The number of methoxy groups -OCH3 is 2. The van der Waals surface area contributed by atoms with Crippen LogP contribution in [0.2, 0.25) is 0 Å². The summed E-state index contributed by atoms with van der Waals surface area (Å²) in [6.07, 6.45) is -3.92. The van der Waals surface area contributed by atoms with E-state index in [0.717, 1.165) is 56.1 Å². The summed E-state index contributed by atoms with van der Waals surface area (Å²) >= 11 is 0. The first-order valence-corrected chi connectivity index (χ1v) is 20.4. The van der Waals surface area contributed by atoms with Crippen LogP contribution >= 0.6 is 0 Å². The Bertz CT molecular complexity index is 2490. The van der Waals surface area contributed by atoms with Gasteiger partial charge in [0.05, 0.1) is 54.6 Å². The Hall–Kier alpha value is -5.84.